The molecule has 0 spiro atoms. The van der Waals surface area contributed by atoms with Crippen LogP contribution in [0.4, 0.5) is 5.82 Å². The molecule has 12 heavy (non-hydrogen) atoms. The first-order valence-corrected chi connectivity index (χ1v) is 4.58. The number of hydrogen-bond donors (Lipinski definition) is 1. The number of nitrogens with zero attached hydrogens (tertiary/aromatic N) is 2. The minimum absolute atomic E-state index is 0.517. The van der Waals surface area contributed by atoms with Crippen molar-refractivity contribution in [3.05, 3.63) is 22.9 Å². The molecule has 0 aromatic carbocycles. The normalized spacial score (nSPS) is 13.3. The van der Waals surface area contributed by atoms with Gasteiger partial charge in [-0.1, -0.05) is 0 Å². The Morgan fingerprint density at radius 3 is 3.33 bits per heavy atom. The van der Waals surface area contributed by atoms with Gasteiger partial charge >= 0.3 is 0 Å². The van der Waals surface area contributed by atoms with Crippen LogP contribution < -0.4 is 4.72 Å². The topological polar surface area (TPSA) is 48.7 Å². The van der Waals surface area contributed by atoms with Gasteiger partial charge in [0.1, 0.15) is 17.6 Å². The van der Waals surface area contributed by atoms with Crippen molar-refractivity contribution in [3.63, 3.8) is 0 Å². The number of hydrogen-bond acceptors (Lipinski definition) is 4. The van der Waals surface area contributed by atoms with Gasteiger partial charge in [0.15, 0.2) is 0 Å². The first-order chi connectivity index (χ1) is 5.81. The van der Waals surface area contributed by atoms with Gasteiger partial charge in [-0.15, -0.1) is 0 Å². The van der Waals surface area contributed by atoms with E-state index in [1.54, 1.807) is 11.9 Å². The van der Waals surface area contributed by atoms with Gasteiger partial charge in [0.05, 0.1) is 0 Å². The van der Waals surface area contributed by atoms with Gasteiger partial charge in [-0.2, -0.15) is 5.26 Å². The van der Waals surface area contributed by atoms with Gasteiger partial charge in [0.2, 0.25) is 0 Å². The van der Waals surface area contributed by atoms with E-state index in [1.807, 2.05) is 13.0 Å². The summed E-state index contributed by atoms with van der Waals surface area (Å²) in [6, 6.07) is 4.09. The number of nitriles is 1. The van der Waals surface area contributed by atoms with Crippen LogP contribution in [0.25, 0.3) is 0 Å². The lowest BCUT2D eigenvalue weighted by atomic mass is 10.1. The van der Waals surface area contributed by atoms with Crippen LogP contribution in [0.3, 0.4) is 0 Å². The number of anilines is 1. The molecular formula is C8H7N3S. The summed E-state index contributed by atoms with van der Waals surface area (Å²) in [5.74, 6) is 1.79. The lowest BCUT2D eigenvalue weighted by Crippen LogP contribution is -1.93. The molecule has 2 heterocycles. The van der Waals surface area contributed by atoms with Crippen molar-refractivity contribution in [2.45, 2.75) is 12.7 Å². The molecule has 1 aliphatic rings. The smallest absolute Gasteiger partial charge is 0.145 e. The Labute approximate surface area is 74.9 Å². The second-order valence-corrected chi connectivity index (χ2v) is 3.45. The van der Waals surface area contributed by atoms with Crippen molar-refractivity contribution < 1.29 is 0 Å². The second-order valence-electron chi connectivity index (χ2n) is 2.66. The van der Waals surface area contributed by atoms with Crippen LogP contribution in [-0.4, -0.2) is 4.98 Å². The summed E-state index contributed by atoms with van der Waals surface area (Å²) in [4.78, 5) is 4.18. The average molecular weight is 177 g/mol. The van der Waals surface area contributed by atoms with E-state index in [2.05, 4.69) is 15.8 Å². The number of aryl methyl sites for hydroxylation is 1. The van der Waals surface area contributed by atoms with Gasteiger partial charge in [-0.25, -0.2) is 4.98 Å². The molecule has 1 aromatic heterocycles. The minimum Gasteiger partial charge on any atom is -0.314 e. The van der Waals surface area contributed by atoms with Gasteiger partial charge in [-0.3, -0.25) is 0 Å². The Bertz CT molecular complexity index is 367. The average Bonchev–Trinajstić information content (AvgIpc) is 2.49. The molecule has 1 aliphatic heterocycles. The molecule has 0 saturated heterocycles. The third-order valence-electron chi connectivity index (χ3n) is 1.79. The van der Waals surface area contributed by atoms with Crippen LogP contribution in [0.2, 0.25) is 0 Å². The van der Waals surface area contributed by atoms with Gasteiger partial charge < -0.3 is 4.72 Å². The molecule has 0 radical (unpaired) electrons. The van der Waals surface area contributed by atoms with Crippen LogP contribution in [-0.2, 0) is 5.75 Å². The number of nitrogens with one attached hydrogen (secondary N) is 1. The fourth-order valence-electron chi connectivity index (χ4n) is 1.16. The van der Waals surface area contributed by atoms with Crippen molar-refractivity contribution in [1.29, 1.82) is 5.26 Å². The van der Waals surface area contributed by atoms with Crippen LogP contribution >= 0.6 is 11.9 Å². The molecule has 4 heteroatoms. The summed E-state index contributed by atoms with van der Waals surface area (Å²) in [5, 5.41) is 8.70. The fraction of sp³-hybridized carbons (Fsp3) is 0.250. The third kappa shape index (κ3) is 1.03. The Morgan fingerprint density at radius 2 is 2.58 bits per heavy atom. The van der Waals surface area contributed by atoms with E-state index in [4.69, 9.17) is 5.26 Å². The summed E-state index contributed by atoms with van der Waals surface area (Å²) >= 11 is 1.61. The number of fused-ring (bicyclic) bond motifs is 1. The maximum atomic E-state index is 8.70. The SMILES string of the molecule is Cc1cc2c(nc1C#N)NSC2. The zero-order valence-corrected chi connectivity index (χ0v) is 7.40. The van der Waals surface area contributed by atoms with Crippen LogP contribution in [0, 0.1) is 18.3 Å². The van der Waals surface area contributed by atoms with E-state index in [9.17, 15) is 0 Å². The monoisotopic (exact) mass is 177 g/mol. The molecule has 0 amide bonds. The molecule has 0 fully saturated rings. The molecule has 2 rings (SSSR count). The van der Waals surface area contributed by atoms with E-state index in [1.165, 1.54) is 5.56 Å². The number of rotatable bonds is 0. The van der Waals surface area contributed by atoms with Crippen molar-refractivity contribution in [2.75, 3.05) is 4.72 Å². The zero-order valence-electron chi connectivity index (χ0n) is 6.59. The predicted molar refractivity (Wildman–Crippen MR) is 48.6 cm³/mol. The Balaban J connectivity index is 2.59. The van der Waals surface area contributed by atoms with Crippen molar-refractivity contribution >= 4 is 17.8 Å². The fourth-order valence-corrected chi connectivity index (χ4v) is 1.92. The Morgan fingerprint density at radius 1 is 1.75 bits per heavy atom. The molecule has 0 aliphatic carbocycles. The summed E-state index contributed by atoms with van der Waals surface area (Å²) in [7, 11) is 0. The Hall–Kier alpha value is -1.21. The Kier molecular flexibility index (Phi) is 1.66. The molecule has 0 unspecified atom stereocenters. The molecule has 3 nitrogen and oxygen atoms in total. The highest BCUT2D eigenvalue weighted by Gasteiger charge is 2.14. The molecule has 0 atom stereocenters. The van der Waals surface area contributed by atoms with Gasteiger partial charge in [0, 0.05) is 11.3 Å². The van der Waals surface area contributed by atoms with Gasteiger partial charge in [-0.05, 0) is 30.5 Å². The van der Waals surface area contributed by atoms with E-state index in [0.717, 1.165) is 17.1 Å². The van der Waals surface area contributed by atoms with E-state index < -0.39 is 0 Å². The highest BCUT2D eigenvalue weighted by atomic mass is 32.2. The third-order valence-corrected chi connectivity index (χ3v) is 2.59. The minimum atomic E-state index is 0.517. The highest BCUT2D eigenvalue weighted by molar-refractivity contribution is 8.00. The maximum Gasteiger partial charge on any atom is 0.145 e. The van der Waals surface area contributed by atoms with Crippen LogP contribution in [0.15, 0.2) is 6.07 Å². The maximum absolute atomic E-state index is 8.70. The molecule has 1 N–H and O–H groups in total. The number of pyridine rings is 1. The zero-order chi connectivity index (χ0) is 8.55. The number of aromatic nitrogens is 1. The van der Waals surface area contributed by atoms with E-state index in [-0.39, 0.29) is 0 Å². The lowest BCUT2D eigenvalue weighted by molar-refractivity contribution is 1.19. The van der Waals surface area contributed by atoms with E-state index >= 15 is 0 Å². The summed E-state index contributed by atoms with van der Waals surface area (Å²) in [6.45, 7) is 1.91. The van der Waals surface area contributed by atoms with E-state index in [0.29, 0.717) is 5.69 Å². The summed E-state index contributed by atoms with van der Waals surface area (Å²) < 4.78 is 3.06. The second kappa shape index (κ2) is 2.68. The lowest BCUT2D eigenvalue weighted by Gasteiger charge is -2.00. The highest BCUT2D eigenvalue weighted by Crippen LogP contribution is 2.29. The molecule has 0 saturated carbocycles. The predicted octanol–water partition coefficient (Wildman–Crippen LogP) is 1.84. The first-order valence-electron chi connectivity index (χ1n) is 3.59. The summed E-state index contributed by atoms with van der Waals surface area (Å²) in [5.41, 5.74) is 2.67. The van der Waals surface area contributed by atoms with Crippen LogP contribution in [0.5, 0.6) is 0 Å². The van der Waals surface area contributed by atoms with Crippen LogP contribution in [0.1, 0.15) is 16.8 Å². The van der Waals surface area contributed by atoms with Crippen molar-refractivity contribution in [2.24, 2.45) is 0 Å². The first kappa shape index (κ1) is 7.44. The van der Waals surface area contributed by atoms with Crippen molar-refractivity contribution in [1.82, 2.24) is 4.98 Å². The molecule has 1 aromatic rings. The molecule has 0 bridgehead atoms. The standard InChI is InChI=1S/C8H7N3S/c1-5-2-6-4-12-11-8(6)10-7(5)3-9/h2H,4H2,1H3,(H,10,11). The largest absolute Gasteiger partial charge is 0.314 e. The molecule has 60 valence electrons. The molecular weight excluding hydrogens is 170 g/mol. The summed E-state index contributed by atoms with van der Waals surface area (Å²) in [6.07, 6.45) is 0. The quantitative estimate of drug-likeness (QED) is 0.614. The van der Waals surface area contributed by atoms with Gasteiger partial charge in [0.25, 0.3) is 0 Å². The van der Waals surface area contributed by atoms with Crippen molar-refractivity contribution in [3.8, 4) is 6.07 Å².